The second-order valence-electron chi connectivity index (χ2n) is 2.88. The molecule has 80 valence electrons. The minimum Gasteiger partial charge on any atom is -0.379 e. The van der Waals surface area contributed by atoms with Gasteiger partial charge in [0.15, 0.2) is 0 Å². The van der Waals surface area contributed by atoms with E-state index >= 15 is 0 Å². The van der Waals surface area contributed by atoms with Crippen LogP contribution in [-0.2, 0) is 11.2 Å². The number of hydrogen-bond acceptors (Lipinski definition) is 3. The molecule has 1 rings (SSSR count). The first-order valence-electron chi connectivity index (χ1n) is 4.80. The highest BCUT2D eigenvalue weighted by molar-refractivity contribution is 7.09. The lowest BCUT2D eigenvalue weighted by atomic mass is 10.3. The number of nitrogens with one attached hydrogen (secondary N) is 1. The molecule has 1 N–H and O–H groups in total. The molecule has 0 aromatic carbocycles. The molecule has 0 saturated heterocycles. The Morgan fingerprint density at radius 1 is 1.36 bits per heavy atom. The van der Waals surface area contributed by atoms with Crippen LogP contribution in [0.3, 0.4) is 0 Å². The minimum absolute atomic E-state index is 0.579. The summed E-state index contributed by atoms with van der Waals surface area (Å²) >= 11 is 7.27. The highest BCUT2D eigenvalue weighted by Gasteiger charge is 1.92. The Morgan fingerprint density at radius 3 is 3.00 bits per heavy atom. The fourth-order valence-electron chi connectivity index (χ4n) is 1.09. The smallest absolute Gasteiger partial charge is 0.0602 e. The van der Waals surface area contributed by atoms with Gasteiger partial charge in [0.05, 0.1) is 13.2 Å². The standard InChI is InChI=1S/C10H16ClNOS/c11-4-7-13-8-6-12-5-3-10-2-1-9-14-10/h1-2,9,12H,3-8H2. The summed E-state index contributed by atoms with van der Waals surface area (Å²) < 4.78 is 5.23. The number of hydrogen-bond donors (Lipinski definition) is 1. The molecule has 14 heavy (non-hydrogen) atoms. The van der Waals surface area contributed by atoms with E-state index in [0.717, 1.165) is 26.1 Å². The van der Waals surface area contributed by atoms with Gasteiger partial charge in [-0.15, -0.1) is 22.9 Å². The Bertz CT molecular complexity index is 216. The van der Waals surface area contributed by atoms with E-state index in [4.69, 9.17) is 16.3 Å². The van der Waals surface area contributed by atoms with Gasteiger partial charge in [0.1, 0.15) is 0 Å². The maximum Gasteiger partial charge on any atom is 0.0602 e. The summed E-state index contributed by atoms with van der Waals surface area (Å²) in [5, 5.41) is 5.43. The minimum atomic E-state index is 0.579. The van der Waals surface area contributed by atoms with E-state index in [2.05, 4.69) is 22.8 Å². The van der Waals surface area contributed by atoms with Crippen LogP contribution in [0.2, 0.25) is 0 Å². The summed E-state index contributed by atoms with van der Waals surface area (Å²) in [6.45, 7) is 3.32. The molecule has 0 amide bonds. The second-order valence-corrected chi connectivity index (χ2v) is 4.29. The Kier molecular flexibility index (Phi) is 7.05. The zero-order valence-corrected chi connectivity index (χ0v) is 9.74. The lowest BCUT2D eigenvalue weighted by molar-refractivity contribution is 0.151. The quantitative estimate of drug-likeness (QED) is 0.549. The summed E-state index contributed by atoms with van der Waals surface area (Å²) in [6.07, 6.45) is 1.10. The van der Waals surface area contributed by atoms with Crippen LogP contribution in [0.15, 0.2) is 17.5 Å². The number of thiophene rings is 1. The monoisotopic (exact) mass is 233 g/mol. The highest BCUT2D eigenvalue weighted by atomic mass is 35.5. The van der Waals surface area contributed by atoms with Crippen molar-refractivity contribution < 1.29 is 4.74 Å². The molecule has 0 saturated carbocycles. The van der Waals surface area contributed by atoms with E-state index in [-0.39, 0.29) is 0 Å². The third kappa shape index (κ3) is 5.60. The van der Waals surface area contributed by atoms with Crippen LogP contribution in [0.1, 0.15) is 4.88 Å². The van der Waals surface area contributed by atoms with Crippen molar-refractivity contribution in [3.63, 3.8) is 0 Å². The van der Waals surface area contributed by atoms with Crippen molar-refractivity contribution in [3.8, 4) is 0 Å². The van der Waals surface area contributed by atoms with Crippen LogP contribution in [-0.4, -0.2) is 32.2 Å². The number of alkyl halides is 1. The predicted octanol–water partition coefficient (Wildman–Crippen LogP) is 2.14. The largest absolute Gasteiger partial charge is 0.379 e. The van der Waals surface area contributed by atoms with E-state index in [1.54, 1.807) is 11.3 Å². The molecule has 0 aliphatic heterocycles. The van der Waals surface area contributed by atoms with E-state index < -0.39 is 0 Å². The van der Waals surface area contributed by atoms with Gasteiger partial charge >= 0.3 is 0 Å². The van der Waals surface area contributed by atoms with Gasteiger partial charge < -0.3 is 10.1 Å². The Morgan fingerprint density at radius 2 is 2.29 bits per heavy atom. The van der Waals surface area contributed by atoms with Crippen molar-refractivity contribution in [2.75, 3.05) is 32.2 Å². The molecular formula is C10H16ClNOS. The molecule has 1 aromatic rings. The van der Waals surface area contributed by atoms with E-state index in [9.17, 15) is 0 Å². The van der Waals surface area contributed by atoms with E-state index in [1.807, 2.05) is 0 Å². The van der Waals surface area contributed by atoms with Crippen LogP contribution in [0.25, 0.3) is 0 Å². The fraction of sp³-hybridized carbons (Fsp3) is 0.600. The molecule has 0 bridgehead atoms. The maximum atomic E-state index is 5.47. The Labute approximate surface area is 94.2 Å². The molecule has 0 fully saturated rings. The summed E-state index contributed by atoms with van der Waals surface area (Å²) in [7, 11) is 0. The molecule has 4 heteroatoms. The first-order chi connectivity index (χ1) is 6.93. The van der Waals surface area contributed by atoms with Gasteiger partial charge in [-0.2, -0.15) is 0 Å². The van der Waals surface area contributed by atoms with Crippen molar-refractivity contribution in [2.24, 2.45) is 0 Å². The Hall–Kier alpha value is -0.0900. The summed E-state index contributed by atoms with van der Waals surface area (Å²) in [5.74, 6) is 0.579. The van der Waals surface area contributed by atoms with Crippen molar-refractivity contribution in [1.82, 2.24) is 5.32 Å². The molecule has 1 heterocycles. The molecule has 0 aliphatic carbocycles. The zero-order valence-electron chi connectivity index (χ0n) is 8.17. The molecule has 0 radical (unpaired) electrons. The lowest BCUT2D eigenvalue weighted by Crippen LogP contribution is -2.22. The highest BCUT2D eigenvalue weighted by Crippen LogP contribution is 2.07. The van der Waals surface area contributed by atoms with Crippen LogP contribution in [0, 0.1) is 0 Å². The van der Waals surface area contributed by atoms with Crippen LogP contribution in [0.4, 0.5) is 0 Å². The third-order valence-electron chi connectivity index (χ3n) is 1.77. The first kappa shape index (κ1) is 12.0. The summed E-state index contributed by atoms with van der Waals surface area (Å²) in [5.41, 5.74) is 0. The van der Waals surface area contributed by atoms with Crippen LogP contribution >= 0.6 is 22.9 Å². The Balaban J connectivity index is 1.85. The van der Waals surface area contributed by atoms with Gasteiger partial charge in [-0.05, 0) is 17.9 Å². The van der Waals surface area contributed by atoms with Gasteiger partial charge in [0.2, 0.25) is 0 Å². The second kappa shape index (κ2) is 8.24. The average molecular weight is 234 g/mol. The van der Waals surface area contributed by atoms with Gasteiger partial charge in [-0.1, -0.05) is 6.07 Å². The third-order valence-corrected chi connectivity index (χ3v) is 2.86. The van der Waals surface area contributed by atoms with Crippen molar-refractivity contribution in [1.29, 1.82) is 0 Å². The topological polar surface area (TPSA) is 21.3 Å². The van der Waals surface area contributed by atoms with Gasteiger partial charge in [0, 0.05) is 23.8 Å². The molecule has 0 unspecified atom stereocenters. The van der Waals surface area contributed by atoms with Crippen molar-refractivity contribution in [3.05, 3.63) is 22.4 Å². The molecule has 2 nitrogen and oxygen atoms in total. The van der Waals surface area contributed by atoms with E-state index in [1.165, 1.54) is 4.88 Å². The SMILES string of the molecule is ClCCOCCNCCc1cccs1. The van der Waals surface area contributed by atoms with Crippen LogP contribution < -0.4 is 5.32 Å². The zero-order chi connectivity index (χ0) is 10.1. The van der Waals surface area contributed by atoms with Crippen molar-refractivity contribution >= 4 is 22.9 Å². The lowest BCUT2D eigenvalue weighted by Gasteiger charge is -2.03. The number of ether oxygens (including phenoxy) is 1. The molecule has 0 atom stereocenters. The van der Waals surface area contributed by atoms with Crippen LogP contribution in [0.5, 0.6) is 0 Å². The molecule has 0 spiro atoms. The van der Waals surface area contributed by atoms with Gasteiger partial charge in [0.25, 0.3) is 0 Å². The van der Waals surface area contributed by atoms with E-state index in [0.29, 0.717) is 12.5 Å². The molecule has 1 aromatic heterocycles. The average Bonchev–Trinajstić information content (AvgIpc) is 2.69. The van der Waals surface area contributed by atoms with Gasteiger partial charge in [-0.3, -0.25) is 0 Å². The fourth-order valence-corrected chi connectivity index (χ4v) is 1.91. The van der Waals surface area contributed by atoms with Crippen molar-refractivity contribution in [2.45, 2.75) is 6.42 Å². The first-order valence-corrected chi connectivity index (χ1v) is 6.21. The number of rotatable bonds is 8. The summed E-state index contributed by atoms with van der Waals surface area (Å²) in [6, 6.07) is 4.25. The van der Waals surface area contributed by atoms with Gasteiger partial charge in [-0.25, -0.2) is 0 Å². The normalized spacial score (nSPS) is 10.6. The predicted molar refractivity (Wildman–Crippen MR) is 62.4 cm³/mol. The molecule has 0 aliphatic rings. The maximum absolute atomic E-state index is 5.47. The summed E-state index contributed by atoms with van der Waals surface area (Å²) in [4.78, 5) is 1.43. The molecular weight excluding hydrogens is 218 g/mol. The number of halogens is 1.